The Hall–Kier alpha value is -4.56. The van der Waals surface area contributed by atoms with Gasteiger partial charge in [0.2, 0.25) is 35.7 Å². The van der Waals surface area contributed by atoms with E-state index < -0.39 is 30.2 Å². The van der Waals surface area contributed by atoms with Gasteiger partial charge in [-0.15, -0.1) is 0 Å². The van der Waals surface area contributed by atoms with Gasteiger partial charge in [-0.2, -0.15) is 46.7 Å². The van der Waals surface area contributed by atoms with E-state index in [2.05, 4.69) is 51.2 Å². The second-order valence-corrected chi connectivity index (χ2v) is 16.7. The molecule has 0 amide bonds. The van der Waals surface area contributed by atoms with Crippen molar-refractivity contribution in [3.05, 3.63) is 120 Å². The van der Waals surface area contributed by atoms with Crippen LogP contribution >= 0.6 is 0 Å². The molecule has 0 saturated heterocycles. The van der Waals surface area contributed by atoms with Crippen LogP contribution in [-0.2, 0) is 20.2 Å². The monoisotopic (exact) mass is 904 g/mol. The molecule has 20 nitrogen and oxygen atoms in total. The van der Waals surface area contributed by atoms with Gasteiger partial charge in [-0.25, -0.2) is 0 Å². The molecule has 6 rings (SSSR count). The van der Waals surface area contributed by atoms with Crippen molar-refractivity contribution >= 4 is 138 Å². The second-order valence-electron chi connectivity index (χ2n) is 13.2. The van der Waals surface area contributed by atoms with Gasteiger partial charge in [0.1, 0.15) is 0 Å². The summed E-state index contributed by atoms with van der Waals surface area (Å²) in [4.78, 5) is 29.6. The minimum Gasteiger partial charge on any atom is -0.395 e. The third-order valence-electron chi connectivity index (χ3n) is 8.89. The van der Waals surface area contributed by atoms with Crippen LogP contribution < -0.4 is 31.1 Å². The van der Waals surface area contributed by atoms with E-state index in [1.807, 2.05) is 36.4 Å². The molecule has 316 valence electrons. The Morgan fingerprint density at radius 2 is 1.02 bits per heavy atom. The average Bonchev–Trinajstić information content (AvgIpc) is 3.21. The van der Waals surface area contributed by atoms with Crippen molar-refractivity contribution in [1.29, 1.82) is 0 Å². The summed E-state index contributed by atoms with van der Waals surface area (Å²) in [5, 5.41) is 31.0. The van der Waals surface area contributed by atoms with E-state index in [4.69, 9.17) is 0 Å². The first-order chi connectivity index (χ1) is 28.7. The van der Waals surface area contributed by atoms with Crippen LogP contribution in [0.25, 0.3) is 6.08 Å². The first-order valence-electron chi connectivity index (χ1n) is 18.1. The van der Waals surface area contributed by atoms with Crippen molar-refractivity contribution in [2.45, 2.75) is 4.08 Å². The largest absolute Gasteiger partial charge is 0.395 e. The number of aromatic nitrogens is 6. The molecule has 62 heavy (non-hydrogen) atoms. The van der Waals surface area contributed by atoms with Crippen molar-refractivity contribution in [3.63, 3.8) is 0 Å². The number of allylic oxidation sites excluding steroid dienone is 3. The molecule has 2 aromatic heterocycles. The van der Waals surface area contributed by atoms with Crippen molar-refractivity contribution in [2.75, 3.05) is 71.5 Å². The zero-order valence-corrected chi connectivity index (χ0v) is 39.8. The Bertz CT molecular complexity index is 2560. The fourth-order valence-electron chi connectivity index (χ4n) is 5.85. The fraction of sp³-hybridized carbons (Fsp3) is 0.211. The summed E-state index contributed by atoms with van der Waals surface area (Å²) < 4.78 is 69.9. The first kappa shape index (κ1) is 50.1. The molecule has 8 N–H and O–H groups in total. The van der Waals surface area contributed by atoms with Crippen molar-refractivity contribution < 1.29 is 36.2 Å². The topological polar surface area (TPSA) is 281 Å². The summed E-state index contributed by atoms with van der Waals surface area (Å²) >= 11 is 0. The van der Waals surface area contributed by atoms with Crippen molar-refractivity contribution in [1.82, 2.24) is 29.9 Å². The van der Waals surface area contributed by atoms with Crippen LogP contribution in [0.1, 0.15) is 5.56 Å². The van der Waals surface area contributed by atoms with Crippen molar-refractivity contribution in [2.24, 2.45) is 5.92 Å². The molecule has 5 aromatic rings. The number of aliphatic hydroxyl groups is 2. The summed E-state index contributed by atoms with van der Waals surface area (Å²) in [6.07, 6.45) is 5.86. The van der Waals surface area contributed by atoms with Crippen LogP contribution in [0.5, 0.6) is 0 Å². The predicted octanol–water partition coefficient (Wildman–Crippen LogP) is 3.05. The van der Waals surface area contributed by atoms with Crippen LogP contribution in [-0.4, -0.2) is 170 Å². The number of nitrogens with zero attached hydrogens (tertiary/aromatic N) is 8. The molecular weight excluding hydrogens is 863 g/mol. The zero-order chi connectivity index (χ0) is 42.9. The van der Waals surface area contributed by atoms with Crippen molar-refractivity contribution in [3.8, 4) is 0 Å². The summed E-state index contributed by atoms with van der Waals surface area (Å²) in [5.74, 6) is -0.883. The molecule has 24 heteroatoms. The molecule has 3 aromatic carbocycles. The van der Waals surface area contributed by atoms with E-state index in [0.29, 0.717) is 29.0 Å². The Kier molecular flexibility index (Phi) is 17.9. The molecule has 0 saturated carbocycles. The van der Waals surface area contributed by atoms with Crippen LogP contribution in [0.3, 0.4) is 0 Å². The van der Waals surface area contributed by atoms with Crippen LogP contribution in [0, 0.1) is 5.92 Å². The van der Waals surface area contributed by atoms with Gasteiger partial charge in [-0.05, 0) is 54.1 Å². The molecule has 0 fully saturated rings. The summed E-state index contributed by atoms with van der Waals surface area (Å²) in [7, 11) is -7.84. The molecular formula is C38H42N12Na2O8S2. The predicted molar refractivity (Wildman–Crippen MR) is 240 cm³/mol. The van der Waals surface area contributed by atoms with Gasteiger partial charge >= 0.3 is 0 Å². The number of rotatable bonds is 18. The fourth-order valence-corrected chi connectivity index (χ4v) is 8.47. The number of aliphatic hydroxyl groups excluding tert-OH is 2. The van der Waals surface area contributed by atoms with Gasteiger partial charge in [0.05, 0.1) is 13.2 Å². The zero-order valence-electron chi connectivity index (χ0n) is 34.2. The van der Waals surface area contributed by atoms with Crippen LogP contribution in [0.4, 0.5) is 52.8 Å². The van der Waals surface area contributed by atoms with E-state index >= 15 is 0 Å². The molecule has 0 bridgehead atoms. The SMILES string of the molecule is CN(CCO)c1nc(NC2=CC(S(=O)(=O)O)(S(=O)(=O)O)C(C=Cc3ccc(Nc4nc(Nc5ccccc5)nc(N(C)CCO)n4)cc3)C=C2)nc(Nc2ccccc2)n1.[Na].[Na]. The second kappa shape index (κ2) is 22.2. The number of hydrogen-bond acceptors (Lipinski definition) is 18. The maximum atomic E-state index is 13.0. The molecule has 0 aliphatic heterocycles. The Morgan fingerprint density at radius 1 is 0.613 bits per heavy atom. The number of benzene rings is 3. The van der Waals surface area contributed by atoms with E-state index in [9.17, 15) is 36.2 Å². The summed E-state index contributed by atoms with van der Waals surface area (Å²) in [5.41, 5.74) is 2.23. The van der Waals surface area contributed by atoms with Gasteiger partial charge in [0, 0.05) is 115 Å². The Labute approximate surface area is 402 Å². The molecule has 1 aliphatic carbocycles. The van der Waals surface area contributed by atoms with E-state index in [1.54, 1.807) is 67.5 Å². The smallest absolute Gasteiger partial charge is 0.292 e. The third kappa shape index (κ3) is 12.5. The number of para-hydroxylation sites is 2. The van der Waals surface area contributed by atoms with Gasteiger partial charge < -0.3 is 41.3 Å². The third-order valence-corrected chi connectivity index (χ3v) is 12.5. The first-order valence-corrected chi connectivity index (χ1v) is 21.0. The molecule has 1 aliphatic rings. The minimum absolute atomic E-state index is 0. The van der Waals surface area contributed by atoms with Gasteiger partial charge in [0.25, 0.3) is 24.3 Å². The van der Waals surface area contributed by atoms with Gasteiger partial charge in [0.15, 0.2) is 0 Å². The normalized spacial score (nSPS) is 14.5. The average molecular weight is 905 g/mol. The molecule has 1 unspecified atom stereocenters. The number of hydrogen-bond donors (Lipinski definition) is 8. The molecule has 2 radical (unpaired) electrons. The van der Waals surface area contributed by atoms with E-state index in [1.165, 1.54) is 29.2 Å². The minimum atomic E-state index is -5.59. The van der Waals surface area contributed by atoms with Crippen LogP contribution in [0.15, 0.2) is 115 Å². The van der Waals surface area contributed by atoms with Gasteiger partial charge in [-0.3, -0.25) is 9.11 Å². The summed E-state index contributed by atoms with van der Waals surface area (Å²) in [6, 6.07) is 24.8. The standard InChI is InChI=1S/C38H42N12O8S2.2Na/c1-49(21-23-51)36-45-32(39-28-9-5-3-6-10-28)43-34(47-36)41-30-18-14-26(15-19-30)13-16-27-17-20-31(25-38(27,59(53,54)55)60(56,57)58)42-35-44-33(40-29-11-7-4-8-12-29)46-37(48-35)50(2)22-24-52;;/h3-20,25,27,51-52H,21-24H2,1-2H3,(H,53,54,55)(H,56,57,58)(H2,39,41,43,45,47)(H2,40,42,44,46,48);;. The molecule has 0 spiro atoms. The Morgan fingerprint density at radius 3 is 1.42 bits per heavy atom. The number of likely N-dealkylation sites (N-methyl/N-ethyl adjacent to an activating group) is 2. The molecule has 2 heterocycles. The van der Waals surface area contributed by atoms with E-state index in [0.717, 1.165) is 5.69 Å². The maximum Gasteiger partial charge on any atom is 0.292 e. The molecule has 1 atom stereocenters. The Balaban J connectivity index is 0.00000422. The van der Waals surface area contributed by atoms with Crippen LogP contribution in [0.2, 0.25) is 0 Å². The quantitative estimate of drug-likeness (QED) is 0.0463. The maximum absolute atomic E-state index is 13.0. The van der Waals surface area contributed by atoms with E-state index in [-0.39, 0.29) is 121 Å². The summed E-state index contributed by atoms with van der Waals surface area (Å²) in [6.45, 7) is 0.0770. The number of anilines is 9. The van der Waals surface area contributed by atoms with Gasteiger partial charge in [-0.1, -0.05) is 66.8 Å². The number of nitrogens with one attached hydrogen (secondary N) is 4.